The van der Waals surface area contributed by atoms with Crippen LogP contribution in [0.25, 0.3) is 0 Å². The Hall–Kier alpha value is -3.03. The van der Waals surface area contributed by atoms with Crippen LogP contribution in [0, 0.1) is 27.7 Å². The fourth-order valence-corrected chi connectivity index (χ4v) is 3.10. The van der Waals surface area contributed by atoms with Gasteiger partial charge in [-0.05, 0) is 44.9 Å². The van der Waals surface area contributed by atoms with Gasteiger partial charge in [-0.3, -0.25) is 14.2 Å². The van der Waals surface area contributed by atoms with E-state index in [4.69, 9.17) is 0 Å². The number of amides is 1. The number of nitrogens with one attached hydrogen (secondary N) is 1. The van der Waals surface area contributed by atoms with Crippen LogP contribution in [0.1, 0.15) is 40.3 Å². The van der Waals surface area contributed by atoms with Crippen LogP contribution in [0.5, 0.6) is 0 Å². The van der Waals surface area contributed by atoms with Crippen LogP contribution >= 0.6 is 0 Å². The summed E-state index contributed by atoms with van der Waals surface area (Å²) < 4.78 is 28.7. The SMILES string of the molecule is Cc1ccccc1Cn1nc(C)c(NC(=O)Cn2nc(C(F)F)cc2C)c1C. The van der Waals surface area contributed by atoms with Crippen molar-refractivity contribution in [1.82, 2.24) is 19.6 Å². The minimum Gasteiger partial charge on any atom is -0.321 e. The maximum atomic E-state index is 12.8. The second-order valence-electron chi connectivity index (χ2n) is 6.85. The fraction of sp³-hybridized carbons (Fsp3) is 0.350. The van der Waals surface area contributed by atoms with Gasteiger partial charge in [0.15, 0.2) is 0 Å². The van der Waals surface area contributed by atoms with Crippen molar-refractivity contribution in [2.75, 3.05) is 5.32 Å². The Morgan fingerprint density at radius 2 is 1.82 bits per heavy atom. The number of aromatic nitrogens is 4. The first-order valence-corrected chi connectivity index (χ1v) is 8.97. The van der Waals surface area contributed by atoms with E-state index in [0.717, 1.165) is 11.3 Å². The molecule has 0 aliphatic rings. The van der Waals surface area contributed by atoms with Crippen molar-refractivity contribution < 1.29 is 13.6 Å². The second kappa shape index (κ2) is 7.92. The molecular formula is C20H23F2N5O. The Labute approximate surface area is 162 Å². The third-order valence-corrected chi connectivity index (χ3v) is 4.74. The number of nitrogens with zero attached hydrogens (tertiary/aromatic N) is 4. The molecule has 3 rings (SSSR count). The zero-order valence-electron chi connectivity index (χ0n) is 16.3. The topological polar surface area (TPSA) is 64.7 Å². The lowest BCUT2D eigenvalue weighted by atomic mass is 10.1. The maximum absolute atomic E-state index is 12.8. The number of carbonyl (C=O) groups excluding carboxylic acids is 1. The number of halogens is 2. The van der Waals surface area contributed by atoms with Gasteiger partial charge in [0.1, 0.15) is 12.2 Å². The number of hydrogen-bond donors (Lipinski definition) is 1. The van der Waals surface area contributed by atoms with Crippen molar-refractivity contribution in [1.29, 1.82) is 0 Å². The van der Waals surface area contributed by atoms with Crippen molar-refractivity contribution in [3.8, 4) is 0 Å². The van der Waals surface area contributed by atoms with Crippen LogP contribution in [-0.2, 0) is 17.9 Å². The van der Waals surface area contributed by atoms with Gasteiger partial charge in [-0.2, -0.15) is 10.2 Å². The number of anilines is 1. The predicted molar refractivity (Wildman–Crippen MR) is 103 cm³/mol. The molecule has 8 heteroatoms. The van der Waals surface area contributed by atoms with Crippen molar-refractivity contribution in [3.05, 3.63) is 64.2 Å². The van der Waals surface area contributed by atoms with Gasteiger partial charge in [-0.15, -0.1) is 0 Å². The molecule has 2 heterocycles. The van der Waals surface area contributed by atoms with Gasteiger partial charge >= 0.3 is 0 Å². The molecular weight excluding hydrogens is 364 g/mol. The molecule has 0 bridgehead atoms. The highest BCUT2D eigenvalue weighted by Crippen LogP contribution is 2.22. The summed E-state index contributed by atoms with van der Waals surface area (Å²) in [6, 6.07) is 9.35. The number of alkyl halides is 2. The minimum atomic E-state index is -2.66. The Morgan fingerprint density at radius 1 is 1.11 bits per heavy atom. The molecule has 0 unspecified atom stereocenters. The summed E-state index contributed by atoms with van der Waals surface area (Å²) in [7, 11) is 0. The standard InChI is InChI=1S/C20H23F2N5O/c1-12-7-5-6-8-16(12)10-27-15(4)19(14(3)24-27)23-18(28)11-26-13(2)9-17(25-26)20(21)22/h5-9,20H,10-11H2,1-4H3,(H,23,28). The van der Waals surface area contributed by atoms with Gasteiger partial charge in [0.05, 0.1) is 23.6 Å². The predicted octanol–water partition coefficient (Wildman–Crippen LogP) is 3.94. The summed E-state index contributed by atoms with van der Waals surface area (Å²) in [6.45, 7) is 7.87. The lowest BCUT2D eigenvalue weighted by Crippen LogP contribution is -2.21. The lowest BCUT2D eigenvalue weighted by Gasteiger charge is -2.09. The average molecular weight is 387 g/mol. The van der Waals surface area contributed by atoms with Gasteiger partial charge < -0.3 is 5.32 Å². The molecule has 2 aromatic heterocycles. The van der Waals surface area contributed by atoms with Gasteiger partial charge in [0, 0.05) is 5.69 Å². The number of hydrogen-bond acceptors (Lipinski definition) is 3. The Bertz CT molecular complexity index is 1010. The molecule has 0 atom stereocenters. The summed E-state index contributed by atoms with van der Waals surface area (Å²) in [5, 5.41) is 11.2. The van der Waals surface area contributed by atoms with E-state index in [1.54, 1.807) is 6.92 Å². The minimum absolute atomic E-state index is 0.138. The third-order valence-electron chi connectivity index (χ3n) is 4.74. The van der Waals surface area contributed by atoms with Crippen molar-refractivity contribution in [2.24, 2.45) is 0 Å². The summed E-state index contributed by atoms with van der Waals surface area (Å²) in [5.41, 5.74) is 4.67. The van der Waals surface area contributed by atoms with Crippen LogP contribution in [-0.4, -0.2) is 25.5 Å². The van der Waals surface area contributed by atoms with Gasteiger partial charge in [0.25, 0.3) is 6.43 Å². The van der Waals surface area contributed by atoms with E-state index in [-0.39, 0.29) is 18.1 Å². The smallest absolute Gasteiger partial charge is 0.282 e. The quantitative estimate of drug-likeness (QED) is 0.697. The molecule has 0 fully saturated rings. The molecule has 148 valence electrons. The zero-order valence-corrected chi connectivity index (χ0v) is 16.3. The molecule has 6 nitrogen and oxygen atoms in total. The summed E-state index contributed by atoms with van der Waals surface area (Å²) in [5.74, 6) is -0.339. The van der Waals surface area contributed by atoms with Crippen molar-refractivity contribution >= 4 is 11.6 Å². The first-order chi connectivity index (χ1) is 13.3. The van der Waals surface area contributed by atoms with Gasteiger partial charge in [-0.25, -0.2) is 8.78 Å². The summed E-state index contributed by atoms with van der Waals surface area (Å²) in [4.78, 5) is 12.4. The third kappa shape index (κ3) is 4.11. The molecule has 1 amide bonds. The van der Waals surface area contributed by atoms with E-state index in [2.05, 4.69) is 15.5 Å². The number of aryl methyl sites for hydroxylation is 3. The van der Waals surface area contributed by atoms with E-state index in [9.17, 15) is 13.6 Å². The zero-order chi connectivity index (χ0) is 20.4. The first kappa shape index (κ1) is 19.7. The highest BCUT2D eigenvalue weighted by atomic mass is 19.3. The highest BCUT2D eigenvalue weighted by Gasteiger charge is 2.18. The number of carbonyl (C=O) groups is 1. The molecule has 28 heavy (non-hydrogen) atoms. The molecule has 1 aromatic carbocycles. The largest absolute Gasteiger partial charge is 0.321 e. The summed E-state index contributed by atoms with van der Waals surface area (Å²) >= 11 is 0. The van der Waals surface area contributed by atoms with E-state index < -0.39 is 6.43 Å². The van der Waals surface area contributed by atoms with E-state index in [1.807, 2.05) is 49.7 Å². The molecule has 0 aliphatic carbocycles. The van der Waals surface area contributed by atoms with E-state index in [1.165, 1.54) is 16.3 Å². The Kier molecular flexibility index (Phi) is 5.58. The number of benzene rings is 1. The van der Waals surface area contributed by atoms with Crippen molar-refractivity contribution in [3.63, 3.8) is 0 Å². The molecule has 0 saturated heterocycles. The van der Waals surface area contributed by atoms with E-state index in [0.29, 0.717) is 23.6 Å². The van der Waals surface area contributed by atoms with Gasteiger partial charge in [-0.1, -0.05) is 24.3 Å². The lowest BCUT2D eigenvalue weighted by molar-refractivity contribution is -0.117. The maximum Gasteiger partial charge on any atom is 0.282 e. The van der Waals surface area contributed by atoms with Crippen LogP contribution < -0.4 is 5.32 Å². The average Bonchev–Trinajstić information content (AvgIpc) is 3.12. The molecule has 0 aliphatic heterocycles. The first-order valence-electron chi connectivity index (χ1n) is 8.97. The van der Waals surface area contributed by atoms with Crippen molar-refractivity contribution in [2.45, 2.75) is 47.2 Å². The molecule has 1 N–H and O–H groups in total. The van der Waals surface area contributed by atoms with E-state index >= 15 is 0 Å². The van der Waals surface area contributed by atoms with Crippen LogP contribution in [0.3, 0.4) is 0 Å². The fourth-order valence-electron chi connectivity index (χ4n) is 3.10. The Balaban J connectivity index is 1.75. The molecule has 3 aromatic rings. The number of rotatable bonds is 6. The Morgan fingerprint density at radius 3 is 2.46 bits per heavy atom. The van der Waals surface area contributed by atoms with Crippen LogP contribution in [0.15, 0.2) is 30.3 Å². The van der Waals surface area contributed by atoms with Crippen LogP contribution in [0.4, 0.5) is 14.5 Å². The molecule has 0 radical (unpaired) electrons. The second-order valence-corrected chi connectivity index (χ2v) is 6.85. The summed E-state index contributed by atoms with van der Waals surface area (Å²) in [6.07, 6.45) is -2.66. The highest BCUT2D eigenvalue weighted by molar-refractivity contribution is 5.91. The van der Waals surface area contributed by atoms with Crippen LogP contribution in [0.2, 0.25) is 0 Å². The van der Waals surface area contributed by atoms with Gasteiger partial charge in [0.2, 0.25) is 5.91 Å². The molecule has 0 spiro atoms. The monoisotopic (exact) mass is 387 g/mol. The normalized spacial score (nSPS) is 11.2. The molecule has 0 saturated carbocycles.